The van der Waals surface area contributed by atoms with Crippen LogP contribution in [0.3, 0.4) is 0 Å². The van der Waals surface area contributed by atoms with E-state index in [1.807, 2.05) is 0 Å². The van der Waals surface area contributed by atoms with Crippen LogP contribution in [0.25, 0.3) is 0 Å². The van der Waals surface area contributed by atoms with Crippen molar-refractivity contribution >= 4 is 37.3 Å². The molecule has 0 radical (unpaired) electrons. The van der Waals surface area contributed by atoms with Gasteiger partial charge in [-0.3, -0.25) is 14.5 Å². The molecule has 0 spiro atoms. The third-order valence-electron chi connectivity index (χ3n) is 5.70. The van der Waals surface area contributed by atoms with Gasteiger partial charge < -0.3 is 10.1 Å². The van der Waals surface area contributed by atoms with Crippen LogP contribution in [0.2, 0.25) is 0 Å². The van der Waals surface area contributed by atoms with E-state index in [2.05, 4.69) is 15.0 Å². The minimum absolute atomic E-state index is 0.00319. The molecule has 1 fully saturated rings. The van der Waals surface area contributed by atoms with Crippen molar-refractivity contribution < 1.29 is 26.4 Å². The van der Waals surface area contributed by atoms with Gasteiger partial charge in [-0.2, -0.15) is 4.31 Å². The number of hydrogen-bond donors (Lipinski definition) is 2. The van der Waals surface area contributed by atoms with Crippen LogP contribution in [-0.2, 0) is 20.0 Å². The predicted octanol–water partition coefficient (Wildman–Crippen LogP) is 3.32. The summed E-state index contributed by atoms with van der Waals surface area (Å²) >= 11 is 0. The topological polar surface area (TPSA) is 135 Å². The molecule has 36 heavy (non-hydrogen) atoms. The van der Waals surface area contributed by atoms with E-state index in [1.165, 1.54) is 66.3 Å². The molecule has 10 nitrogen and oxygen atoms in total. The summed E-state index contributed by atoms with van der Waals surface area (Å²) in [5, 5.41) is 2.67. The second kappa shape index (κ2) is 10.6. The molecule has 190 valence electrons. The number of hydrogen-bond acceptors (Lipinski definition) is 7. The number of nitrogens with one attached hydrogen (secondary N) is 2. The Bertz CT molecular complexity index is 1440. The number of sulfonamides is 2. The highest BCUT2D eigenvalue weighted by Crippen LogP contribution is 2.27. The average Bonchev–Trinajstić information content (AvgIpc) is 2.89. The van der Waals surface area contributed by atoms with Crippen molar-refractivity contribution in [1.29, 1.82) is 0 Å². The van der Waals surface area contributed by atoms with E-state index in [9.17, 15) is 21.6 Å². The highest BCUT2D eigenvalue weighted by molar-refractivity contribution is 7.92. The van der Waals surface area contributed by atoms with E-state index in [0.717, 1.165) is 19.3 Å². The Labute approximate surface area is 210 Å². The molecule has 2 heterocycles. The number of amides is 1. The number of benzene rings is 2. The van der Waals surface area contributed by atoms with Crippen LogP contribution in [0, 0.1) is 0 Å². The summed E-state index contributed by atoms with van der Waals surface area (Å²) < 4.78 is 60.5. The zero-order valence-corrected chi connectivity index (χ0v) is 21.2. The number of carbonyl (C=O) groups excluding carboxylic acids is 1. The smallest absolute Gasteiger partial charge is 0.261 e. The predicted molar refractivity (Wildman–Crippen MR) is 135 cm³/mol. The lowest BCUT2D eigenvalue weighted by atomic mass is 10.2. The van der Waals surface area contributed by atoms with Crippen molar-refractivity contribution in [3.8, 4) is 5.75 Å². The summed E-state index contributed by atoms with van der Waals surface area (Å²) in [6, 6.07) is 12.9. The van der Waals surface area contributed by atoms with Crippen LogP contribution in [0.4, 0.5) is 11.4 Å². The number of aromatic nitrogens is 1. The highest BCUT2D eigenvalue weighted by atomic mass is 32.2. The lowest BCUT2D eigenvalue weighted by Gasteiger charge is -2.26. The van der Waals surface area contributed by atoms with Gasteiger partial charge in [-0.25, -0.2) is 16.8 Å². The van der Waals surface area contributed by atoms with Crippen LogP contribution in [-0.4, -0.2) is 52.2 Å². The molecule has 0 atom stereocenters. The molecule has 1 amide bonds. The standard InChI is InChI=1S/C24H26N4O6S2/c1-34-23-12-11-21(36(32,33)28-14-3-2-4-15-28)16-22(23)24(29)26-18-7-9-20(10-8-18)35(30,31)27-19-6-5-13-25-17-19/h5-13,16-17,27H,2-4,14-15H2,1H3,(H,26,29). The van der Waals surface area contributed by atoms with Gasteiger partial charge in [0, 0.05) is 25.0 Å². The molecule has 12 heteroatoms. The maximum Gasteiger partial charge on any atom is 0.261 e. The number of piperidine rings is 1. The molecule has 0 saturated carbocycles. The fourth-order valence-corrected chi connectivity index (χ4v) is 6.42. The van der Waals surface area contributed by atoms with Gasteiger partial charge in [0.2, 0.25) is 10.0 Å². The molecule has 0 aliphatic carbocycles. The third-order valence-corrected chi connectivity index (χ3v) is 9.00. The van der Waals surface area contributed by atoms with E-state index < -0.39 is 26.0 Å². The Morgan fingerprint density at radius 2 is 1.61 bits per heavy atom. The largest absolute Gasteiger partial charge is 0.496 e. The molecule has 2 N–H and O–H groups in total. The second-order valence-electron chi connectivity index (χ2n) is 8.15. The van der Waals surface area contributed by atoms with Gasteiger partial charge in [0.25, 0.3) is 15.9 Å². The van der Waals surface area contributed by atoms with Crippen molar-refractivity contribution in [1.82, 2.24) is 9.29 Å². The molecule has 0 bridgehead atoms. The first kappa shape index (κ1) is 25.6. The van der Waals surface area contributed by atoms with Crippen molar-refractivity contribution in [2.45, 2.75) is 29.1 Å². The summed E-state index contributed by atoms with van der Waals surface area (Å²) in [5.74, 6) is -0.378. The van der Waals surface area contributed by atoms with E-state index in [1.54, 1.807) is 12.1 Å². The van der Waals surface area contributed by atoms with Crippen molar-refractivity contribution in [2.75, 3.05) is 30.2 Å². The molecule has 2 aromatic carbocycles. The van der Waals surface area contributed by atoms with Crippen molar-refractivity contribution in [3.63, 3.8) is 0 Å². The van der Waals surface area contributed by atoms with Crippen molar-refractivity contribution in [2.24, 2.45) is 0 Å². The van der Waals surface area contributed by atoms with E-state index in [0.29, 0.717) is 24.5 Å². The number of nitrogens with zero attached hydrogens (tertiary/aromatic N) is 2. The number of ether oxygens (including phenoxy) is 1. The Morgan fingerprint density at radius 1 is 0.917 bits per heavy atom. The van der Waals surface area contributed by atoms with Crippen LogP contribution < -0.4 is 14.8 Å². The van der Waals surface area contributed by atoms with E-state index >= 15 is 0 Å². The first-order valence-corrected chi connectivity index (χ1v) is 14.2. The minimum atomic E-state index is -3.85. The van der Waals surface area contributed by atoms with Gasteiger partial charge in [-0.1, -0.05) is 6.42 Å². The lowest BCUT2D eigenvalue weighted by Crippen LogP contribution is -2.35. The van der Waals surface area contributed by atoms with Gasteiger partial charge in [0.05, 0.1) is 34.3 Å². The average molecular weight is 531 g/mol. The molecular formula is C24H26N4O6S2. The Kier molecular flexibility index (Phi) is 7.57. The summed E-state index contributed by atoms with van der Waals surface area (Å²) in [7, 11) is -6.20. The van der Waals surface area contributed by atoms with E-state index in [-0.39, 0.29) is 21.1 Å². The van der Waals surface area contributed by atoms with Crippen LogP contribution in [0.5, 0.6) is 5.75 Å². The van der Waals surface area contributed by atoms with Gasteiger partial charge >= 0.3 is 0 Å². The van der Waals surface area contributed by atoms with E-state index in [4.69, 9.17) is 4.74 Å². The molecule has 3 aromatic rings. The maximum absolute atomic E-state index is 13.1. The SMILES string of the molecule is COc1ccc(S(=O)(=O)N2CCCCC2)cc1C(=O)Nc1ccc(S(=O)(=O)Nc2cccnc2)cc1. The molecule has 0 unspecified atom stereocenters. The summed E-state index contributed by atoms with van der Waals surface area (Å²) in [5.41, 5.74) is 0.693. The summed E-state index contributed by atoms with van der Waals surface area (Å²) in [6.07, 6.45) is 5.50. The summed E-state index contributed by atoms with van der Waals surface area (Å²) in [6.45, 7) is 0.890. The van der Waals surface area contributed by atoms with Gasteiger partial charge in [0.1, 0.15) is 5.75 Å². The first-order valence-electron chi connectivity index (χ1n) is 11.2. The summed E-state index contributed by atoms with van der Waals surface area (Å²) in [4.78, 5) is 16.9. The van der Waals surface area contributed by atoms with Crippen LogP contribution in [0.15, 0.2) is 76.8 Å². The Hall–Kier alpha value is -3.48. The van der Waals surface area contributed by atoms with Crippen LogP contribution >= 0.6 is 0 Å². The number of carbonyl (C=O) groups is 1. The van der Waals surface area contributed by atoms with Crippen LogP contribution in [0.1, 0.15) is 29.6 Å². The molecule has 1 aliphatic rings. The first-order chi connectivity index (χ1) is 17.2. The monoisotopic (exact) mass is 530 g/mol. The van der Waals surface area contributed by atoms with Gasteiger partial charge in [-0.15, -0.1) is 0 Å². The molecular weight excluding hydrogens is 504 g/mol. The maximum atomic E-state index is 13.1. The minimum Gasteiger partial charge on any atom is -0.496 e. The van der Waals surface area contributed by atoms with Gasteiger partial charge in [0.15, 0.2) is 0 Å². The second-order valence-corrected chi connectivity index (χ2v) is 11.8. The number of rotatable bonds is 8. The molecule has 4 rings (SSSR count). The van der Waals surface area contributed by atoms with Gasteiger partial charge in [-0.05, 0) is 67.4 Å². The molecule has 1 saturated heterocycles. The fraction of sp³-hybridized carbons (Fsp3) is 0.250. The number of pyridine rings is 1. The lowest BCUT2D eigenvalue weighted by molar-refractivity contribution is 0.102. The fourth-order valence-electron chi connectivity index (χ4n) is 3.83. The quantitative estimate of drug-likeness (QED) is 0.456. The zero-order valence-electron chi connectivity index (χ0n) is 19.5. The molecule has 1 aromatic heterocycles. The number of methoxy groups -OCH3 is 1. The Morgan fingerprint density at radius 3 is 2.25 bits per heavy atom. The van der Waals surface area contributed by atoms with Crippen molar-refractivity contribution in [3.05, 3.63) is 72.6 Å². The molecule has 1 aliphatic heterocycles. The Balaban J connectivity index is 1.53. The normalized spacial score (nSPS) is 14.7. The third kappa shape index (κ3) is 5.66. The number of anilines is 2. The zero-order chi connectivity index (χ0) is 25.8. The highest BCUT2D eigenvalue weighted by Gasteiger charge is 2.27.